The molecule has 0 amide bonds. The zero-order chi connectivity index (χ0) is 5.70. The third-order valence-corrected chi connectivity index (χ3v) is 0.595. The molecular weight excluding hydrogens is 181 g/mol. The van der Waals surface area contributed by atoms with Gasteiger partial charge in [0.1, 0.15) is 0 Å². The van der Waals surface area contributed by atoms with Crippen molar-refractivity contribution in [1.82, 2.24) is 5.32 Å². The lowest BCUT2D eigenvalue weighted by Gasteiger charge is -1.96. The number of thiol groups is 1. The van der Waals surface area contributed by atoms with E-state index in [0.717, 1.165) is 0 Å². The molecule has 0 fully saturated rings. The molecular formula is C3H11Cl2N3S. The molecule has 0 aliphatic rings. The molecule has 0 aromatic carbocycles. The average molecular weight is 192 g/mol. The minimum absolute atomic E-state index is 0. The molecule has 0 bridgehead atoms. The van der Waals surface area contributed by atoms with Crippen LogP contribution >= 0.6 is 37.4 Å². The van der Waals surface area contributed by atoms with Crippen LogP contribution in [0.15, 0.2) is 0 Å². The van der Waals surface area contributed by atoms with E-state index in [-0.39, 0.29) is 30.0 Å². The number of amidine groups is 1. The van der Waals surface area contributed by atoms with Crippen molar-refractivity contribution >= 4 is 42.6 Å². The standard InChI is InChI=1S/C3H9N3S.2ClH/c4-1-2-6-3(5)7;;/h1-2,4H2,(H3,5,6,7);2*1H. The van der Waals surface area contributed by atoms with E-state index < -0.39 is 0 Å². The first-order valence-corrected chi connectivity index (χ1v) is 2.43. The summed E-state index contributed by atoms with van der Waals surface area (Å²) in [5.41, 5.74) is 5.08. The van der Waals surface area contributed by atoms with Crippen LogP contribution in [0.5, 0.6) is 0 Å². The van der Waals surface area contributed by atoms with Crippen LogP contribution < -0.4 is 11.1 Å². The van der Waals surface area contributed by atoms with Gasteiger partial charge in [0.15, 0.2) is 5.17 Å². The van der Waals surface area contributed by atoms with Gasteiger partial charge in [-0.25, -0.2) is 0 Å². The summed E-state index contributed by atoms with van der Waals surface area (Å²) in [6.45, 7) is 1.17. The molecule has 0 unspecified atom stereocenters. The Morgan fingerprint density at radius 1 is 1.56 bits per heavy atom. The van der Waals surface area contributed by atoms with E-state index in [0.29, 0.717) is 13.1 Å². The molecule has 3 nitrogen and oxygen atoms in total. The third-order valence-electron chi connectivity index (χ3n) is 0.437. The van der Waals surface area contributed by atoms with Crippen LogP contribution in [0.3, 0.4) is 0 Å². The third kappa shape index (κ3) is 17.8. The summed E-state index contributed by atoms with van der Waals surface area (Å²) in [5, 5.41) is 9.48. The fraction of sp³-hybridized carbons (Fsp3) is 0.667. The Hall–Kier alpha value is 0.360. The van der Waals surface area contributed by atoms with Crippen molar-refractivity contribution in [1.29, 1.82) is 5.41 Å². The van der Waals surface area contributed by atoms with Crippen LogP contribution in [-0.2, 0) is 0 Å². The smallest absolute Gasteiger partial charge is 0.150 e. The molecule has 0 atom stereocenters. The molecule has 0 saturated carbocycles. The van der Waals surface area contributed by atoms with Gasteiger partial charge in [-0.05, 0) is 0 Å². The molecule has 0 aromatic heterocycles. The van der Waals surface area contributed by atoms with Gasteiger partial charge in [-0.1, -0.05) is 0 Å². The van der Waals surface area contributed by atoms with Crippen LogP contribution in [0, 0.1) is 5.41 Å². The fourth-order valence-corrected chi connectivity index (χ4v) is 0.302. The highest BCUT2D eigenvalue weighted by molar-refractivity contribution is 7.96. The highest BCUT2D eigenvalue weighted by atomic mass is 35.5. The first-order valence-electron chi connectivity index (χ1n) is 1.99. The van der Waals surface area contributed by atoms with Gasteiger partial charge in [-0.3, -0.25) is 5.41 Å². The molecule has 9 heavy (non-hydrogen) atoms. The molecule has 0 saturated heterocycles. The lowest BCUT2D eigenvalue weighted by Crippen LogP contribution is -2.24. The second kappa shape index (κ2) is 11.2. The molecule has 0 aromatic rings. The molecule has 4 N–H and O–H groups in total. The van der Waals surface area contributed by atoms with Crippen molar-refractivity contribution < 1.29 is 0 Å². The highest BCUT2D eigenvalue weighted by Crippen LogP contribution is 1.67. The van der Waals surface area contributed by atoms with Crippen molar-refractivity contribution in [2.24, 2.45) is 5.73 Å². The van der Waals surface area contributed by atoms with Crippen LogP contribution in [0.25, 0.3) is 0 Å². The van der Waals surface area contributed by atoms with Gasteiger partial charge in [0.05, 0.1) is 0 Å². The summed E-state index contributed by atoms with van der Waals surface area (Å²) in [4.78, 5) is 0. The SMILES string of the molecule is Cl.Cl.N=C(S)NCCN. The Bertz CT molecular complexity index is 70.1. The van der Waals surface area contributed by atoms with Crippen molar-refractivity contribution in [3.8, 4) is 0 Å². The zero-order valence-electron chi connectivity index (χ0n) is 4.76. The van der Waals surface area contributed by atoms with Crippen LogP contribution in [0.4, 0.5) is 0 Å². The lowest BCUT2D eigenvalue weighted by molar-refractivity contribution is 0.881. The van der Waals surface area contributed by atoms with Crippen molar-refractivity contribution in [3.05, 3.63) is 0 Å². The summed E-state index contributed by atoms with van der Waals surface area (Å²) in [6, 6.07) is 0. The van der Waals surface area contributed by atoms with E-state index in [1.54, 1.807) is 0 Å². The molecule has 0 spiro atoms. The first-order chi connectivity index (χ1) is 3.27. The predicted molar refractivity (Wildman–Crippen MR) is 48.3 cm³/mol. The van der Waals surface area contributed by atoms with Gasteiger partial charge in [-0.15, -0.1) is 37.4 Å². The lowest BCUT2D eigenvalue weighted by atomic mass is 10.7. The number of hydrogen-bond donors (Lipinski definition) is 4. The maximum absolute atomic E-state index is 6.70. The van der Waals surface area contributed by atoms with Gasteiger partial charge in [0.2, 0.25) is 0 Å². The largest absolute Gasteiger partial charge is 0.364 e. The second-order valence-electron chi connectivity index (χ2n) is 1.06. The summed E-state index contributed by atoms with van der Waals surface area (Å²) >= 11 is 3.65. The van der Waals surface area contributed by atoms with Crippen LogP contribution in [-0.4, -0.2) is 18.3 Å². The first kappa shape index (κ1) is 16.2. The van der Waals surface area contributed by atoms with Gasteiger partial charge in [-0.2, -0.15) is 0 Å². The molecule has 0 heterocycles. The van der Waals surface area contributed by atoms with Crippen molar-refractivity contribution in [2.45, 2.75) is 0 Å². The Kier molecular flexibility index (Phi) is 20.1. The van der Waals surface area contributed by atoms with E-state index in [2.05, 4.69) is 17.9 Å². The molecule has 6 heteroatoms. The normalized spacial score (nSPS) is 6.44. The summed E-state index contributed by atoms with van der Waals surface area (Å²) in [5.74, 6) is 0. The number of rotatable bonds is 2. The summed E-state index contributed by atoms with van der Waals surface area (Å²) < 4.78 is 0. The maximum Gasteiger partial charge on any atom is 0.150 e. The van der Waals surface area contributed by atoms with E-state index in [1.807, 2.05) is 0 Å². The van der Waals surface area contributed by atoms with Crippen LogP contribution in [0.2, 0.25) is 0 Å². The fourth-order valence-electron chi connectivity index (χ4n) is 0.191. The molecule has 58 valence electrons. The van der Waals surface area contributed by atoms with Gasteiger partial charge in [0, 0.05) is 13.1 Å². The minimum atomic E-state index is 0. The van der Waals surface area contributed by atoms with Crippen LogP contribution in [0.1, 0.15) is 0 Å². The van der Waals surface area contributed by atoms with E-state index in [4.69, 9.17) is 11.1 Å². The maximum atomic E-state index is 6.70. The Morgan fingerprint density at radius 2 is 2.00 bits per heavy atom. The van der Waals surface area contributed by atoms with Crippen molar-refractivity contribution in [3.63, 3.8) is 0 Å². The quantitative estimate of drug-likeness (QED) is 0.288. The molecule has 0 rings (SSSR count). The predicted octanol–water partition coefficient (Wildman–Crippen LogP) is 0.243. The molecule has 0 aliphatic carbocycles. The van der Waals surface area contributed by atoms with Gasteiger partial charge in [0.25, 0.3) is 0 Å². The minimum Gasteiger partial charge on any atom is -0.364 e. The molecule has 0 radical (unpaired) electrons. The van der Waals surface area contributed by atoms with Gasteiger partial charge < -0.3 is 11.1 Å². The number of halogens is 2. The van der Waals surface area contributed by atoms with Gasteiger partial charge >= 0.3 is 0 Å². The Balaban J connectivity index is -0.000000180. The Morgan fingerprint density at radius 3 is 2.11 bits per heavy atom. The molecule has 0 aliphatic heterocycles. The topological polar surface area (TPSA) is 61.9 Å². The highest BCUT2D eigenvalue weighted by Gasteiger charge is 1.79. The number of hydrogen-bond acceptors (Lipinski definition) is 2. The number of nitrogens with one attached hydrogen (secondary N) is 2. The van der Waals surface area contributed by atoms with Crippen molar-refractivity contribution in [2.75, 3.05) is 13.1 Å². The second-order valence-corrected chi connectivity index (χ2v) is 1.51. The number of nitrogens with two attached hydrogens (primary N) is 1. The summed E-state index contributed by atoms with van der Waals surface area (Å²) in [7, 11) is 0. The monoisotopic (exact) mass is 191 g/mol. The zero-order valence-corrected chi connectivity index (χ0v) is 7.28. The summed E-state index contributed by atoms with van der Waals surface area (Å²) in [6.07, 6.45) is 0. The van der Waals surface area contributed by atoms with E-state index in [1.165, 1.54) is 0 Å². The van der Waals surface area contributed by atoms with E-state index in [9.17, 15) is 0 Å². The average Bonchev–Trinajstić information content (AvgIpc) is 1.61. The van der Waals surface area contributed by atoms with E-state index >= 15 is 0 Å². The Labute approximate surface area is 72.5 Å².